The van der Waals surface area contributed by atoms with Gasteiger partial charge in [-0.3, -0.25) is 0 Å². The predicted molar refractivity (Wildman–Crippen MR) is 64.0 cm³/mol. The summed E-state index contributed by atoms with van der Waals surface area (Å²) in [5.74, 6) is -0.392. The molecule has 5 heteroatoms. The number of benzene rings is 1. The summed E-state index contributed by atoms with van der Waals surface area (Å²) in [5, 5.41) is 2.97. The van der Waals surface area contributed by atoms with Gasteiger partial charge >= 0.3 is 94.2 Å². The minimum atomic E-state index is -0.614. The molecule has 0 bridgehead atoms. The molecule has 0 aliphatic heterocycles. The Morgan fingerprint density at radius 3 is 2.73 bits per heavy atom. The first-order valence-electron chi connectivity index (χ1n) is 4.25. The second kappa shape index (κ2) is 6.41. The number of anilines is 1. The minimum absolute atomic E-state index is 0.392. The van der Waals surface area contributed by atoms with Gasteiger partial charge in [-0.1, -0.05) is 0 Å². The van der Waals surface area contributed by atoms with E-state index < -0.39 is 12.0 Å². The van der Waals surface area contributed by atoms with Gasteiger partial charge in [0.1, 0.15) is 0 Å². The van der Waals surface area contributed by atoms with Crippen molar-refractivity contribution in [1.82, 2.24) is 0 Å². The predicted octanol–water partition coefficient (Wildman–Crippen LogP) is 2.01. The van der Waals surface area contributed by atoms with Crippen LogP contribution in [0.3, 0.4) is 0 Å². The Labute approximate surface area is 94.6 Å². The van der Waals surface area contributed by atoms with Gasteiger partial charge in [-0.2, -0.15) is 0 Å². The molecule has 0 spiro atoms. The van der Waals surface area contributed by atoms with E-state index in [0.717, 1.165) is 5.69 Å². The molecule has 0 amide bonds. The van der Waals surface area contributed by atoms with Crippen LogP contribution in [0.25, 0.3) is 0 Å². The number of carbonyl (C=O) groups excluding carboxylic acids is 1. The van der Waals surface area contributed by atoms with Crippen LogP contribution in [0.4, 0.5) is 5.69 Å². The number of hydrogen-bond acceptors (Lipinski definition) is 4. The summed E-state index contributed by atoms with van der Waals surface area (Å²) in [4.78, 5) is 11.3. The third kappa shape index (κ3) is 3.88. The summed E-state index contributed by atoms with van der Waals surface area (Å²) in [5.41, 5.74) is 3.62. The molecule has 1 aromatic carbocycles. The van der Waals surface area contributed by atoms with Gasteiger partial charge in [-0.15, -0.1) is 0 Å². The molecular formula is C10H10NO2PS. The number of ether oxygens (including phenoxy) is 1. The van der Waals surface area contributed by atoms with Crippen LogP contribution in [0.1, 0.15) is 0 Å². The molecule has 78 valence electrons. The van der Waals surface area contributed by atoms with Gasteiger partial charge in [0.15, 0.2) is 0 Å². The van der Waals surface area contributed by atoms with E-state index in [-0.39, 0.29) is 0 Å². The van der Waals surface area contributed by atoms with E-state index in [2.05, 4.69) is 15.7 Å². The number of esters is 1. The van der Waals surface area contributed by atoms with Crippen LogP contribution in [0.5, 0.6) is 0 Å². The number of para-hydroxylation sites is 1. The van der Waals surface area contributed by atoms with Gasteiger partial charge in [0.25, 0.3) is 0 Å². The Hall–Kier alpha value is -1.08. The topological polar surface area (TPSA) is 38.3 Å². The van der Waals surface area contributed by atoms with E-state index in [1.54, 1.807) is 0 Å². The van der Waals surface area contributed by atoms with Gasteiger partial charge in [0.2, 0.25) is 0 Å². The molecule has 0 aromatic heterocycles. The second-order valence-electron chi connectivity index (χ2n) is 2.69. The van der Waals surface area contributed by atoms with Crippen LogP contribution in [0, 0.1) is 5.63 Å². The SMILES string of the molecule is COC(=O)C(C#P=S)Nc1ccccc1. The van der Waals surface area contributed by atoms with Crippen molar-refractivity contribution in [2.24, 2.45) is 0 Å². The molecular weight excluding hydrogens is 229 g/mol. The molecule has 1 aromatic rings. The van der Waals surface area contributed by atoms with Crippen LogP contribution >= 0.6 is 6.81 Å². The Morgan fingerprint density at radius 2 is 2.20 bits per heavy atom. The van der Waals surface area contributed by atoms with Crippen molar-refractivity contribution >= 4 is 30.3 Å². The maximum atomic E-state index is 11.3. The van der Waals surface area contributed by atoms with Crippen LogP contribution in [-0.4, -0.2) is 19.1 Å². The number of carbonyl (C=O) groups is 1. The van der Waals surface area contributed by atoms with Gasteiger partial charge in [-0.25, -0.2) is 0 Å². The molecule has 15 heavy (non-hydrogen) atoms. The van der Waals surface area contributed by atoms with Gasteiger partial charge in [-0.05, 0) is 0 Å². The third-order valence-electron chi connectivity index (χ3n) is 1.70. The zero-order chi connectivity index (χ0) is 11.1. The number of hydrogen-bond donors (Lipinski definition) is 1. The van der Waals surface area contributed by atoms with Crippen LogP contribution < -0.4 is 5.32 Å². The molecule has 1 rings (SSSR count). The molecule has 3 nitrogen and oxygen atoms in total. The first-order valence-corrected chi connectivity index (χ1v) is 6.16. The van der Waals surface area contributed by atoms with Gasteiger partial charge in [0, 0.05) is 0 Å². The summed E-state index contributed by atoms with van der Waals surface area (Å²) in [6, 6.07) is 8.76. The summed E-state index contributed by atoms with van der Waals surface area (Å²) >= 11 is 4.72. The van der Waals surface area contributed by atoms with Crippen molar-refractivity contribution < 1.29 is 9.53 Å². The summed E-state index contributed by atoms with van der Waals surface area (Å²) < 4.78 is 4.62. The molecule has 0 saturated heterocycles. The first-order chi connectivity index (χ1) is 7.27. The van der Waals surface area contributed by atoms with E-state index in [1.807, 2.05) is 30.3 Å². The van der Waals surface area contributed by atoms with Crippen molar-refractivity contribution in [2.75, 3.05) is 12.4 Å². The van der Waals surface area contributed by atoms with E-state index in [9.17, 15) is 4.79 Å². The average Bonchev–Trinajstić information content (AvgIpc) is 2.29. The monoisotopic (exact) mass is 239 g/mol. The Kier molecular flexibility index (Phi) is 5.13. The standard InChI is InChI=1S/C10H10NO2PS/c1-13-10(12)9(7-14-15)11-8-5-3-2-4-6-8/h2-6,9,11H,1H3. The zero-order valence-electron chi connectivity index (χ0n) is 8.14. The first kappa shape index (κ1) is 12.0. The van der Waals surface area contributed by atoms with Crippen LogP contribution in [0.2, 0.25) is 0 Å². The van der Waals surface area contributed by atoms with E-state index in [0.29, 0.717) is 6.81 Å². The Bertz CT molecular complexity index is 429. The van der Waals surface area contributed by atoms with Crippen molar-refractivity contribution in [3.05, 3.63) is 30.3 Å². The molecule has 1 atom stereocenters. The zero-order valence-corrected chi connectivity index (χ0v) is 9.85. The van der Waals surface area contributed by atoms with E-state index >= 15 is 0 Å². The molecule has 1 unspecified atom stereocenters. The number of rotatable bonds is 3. The number of nitrogens with one attached hydrogen (secondary N) is 1. The quantitative estimate of drug-likeness (QED) is 0.647. The van der Waals surface area contributed by atoms with Crippen LogP contribution in [0.15, 0.2) is 30.3 Å². The molecule has 0 aliphatic carbocycles. The molecule has 0 saturated carbocycles. The van der Waals surface area contributed by atoms with Gasteiger partial charge in [0.05, 0.1) is 0 Å². The van der Waals surface area contributed by atoms with Crippen molar-refractivity contribution in [2.45, 2.75) is 6.04 Å². The summed E-state index contributed by atoms with van der Waals surface area (Å²) in [7, 11) is 1.34. The molecule has 0 radical (unpaired) electrons. The Balaban J connectivity index is 2.79. The normalized spacial score (nSPS) is 11.0. The number of methoxy groups -OCH3 is 1. The molecule has 0 aliphatic rings. The van der Waals surface area contributed by atoms with Crippen molar-refractivity contribution in [1.29, 1.82) is 0 Å². The van der Waals surface area contributed by atoms with Crippen molar-refractivity contribution in [3.8, 4) is 5.63 Å². The third-order valence-corrected chi connectivity index (χ3v) is 2.38. The molecule has 0 heterocycles. The fourth-order valence-electron chi connectivity index (χ4n) is 1.02. The van der Waals surface area contributed by atoms with E-state index in [1.165, 1.54) is 7.11 Å². The summed E-state index contributed by atoms with van der Waals surface area (Å²) in [6.07, 6.45) is 0. The molecule has 0 fully saturated rings. The maximum absolute atomic E-state index is 11.3. The molecule has 1 N–H and O–H groups in total. The fourth-order valence-corrected chi connectivity index (χ4v) is 1.61. The fraction of sp³-hybridized carbons (Fsp3) is 0.200. The summed E-state index contributed by atoms with van der Waals surface area (Å²) in [6.45, 7) is 0.499. The van der Waals surface area contributed by atoms with Gasteiger partial charge < -0.3 is 0 Å². The average molecular weight is 239 g/mol. The van der Waals surface area contributed by atoms with Crippen molar-refractivity contribution in [3.63, 3.8) is 0 Å². The van der Waals surface area contributed by atoms with E-state index in [4.69, 9.17) is 11.8 Å². The Morgan fingerprint density at radius 1 is 1.53 bits per heavy atom. The second-order valence-corrected chi connectivity index (χ2v) is 3.68. The van der Waals surface area contributed by atoms with Crippen LogP contribution in [-0.2, 0) is 21.3 Å².